The normalized spacial score (nSPS) is 16.1. The number of para-hydroxylation sites is 1. The van der Waals surface area contributed by atoms with Gasteiger partial charge in [0.05, 0.1) is 28.5 Å². The van der Waals surface area contributed by atoms with Crippen molar-refractivity contribution in [1.82, 2.24) is 19.7 Å². The van der Waals surface area contributed by atoms with E-state index in [9.17, 15) is 0 Å². The molecular weight excluding hydrogens is 430 g/mol. The summed E-state index contributed by atoms with van der Waals surface area (Å²) in [6, 6.07) is 10.4. The van der Waals surface area contributed by atoms with E-state index in [1.807, 2.05) is 12.3 Å². The number of fused-ring (bicyclic) bond motifs is 3. The van der Waals surface area contributed by atoms with Gasteiger partial charge in [-0.1, -0.05) is 18.2 Å². The van der Waals surface area contributed by atoms with E-state index < -0.39 is 0 Å². The molecule has 0 spiro atoms. The van der Waals surface area contributed by atoms with Crippen LogP contribution in [0, 0.1) is 6.92 Å². The molecule has 0 saturated carbocycles. The Kier molecular flexibility index (Phi) is 5.30. The van der Waals surface area contributed by atoms with E-state index >= 15 is 0 Å². The molecule has 1 fully saturated rings. The molecule has 0 unspecified atom stereocenters. The highest BCUT2D eigenvalue weighted by atomic mass is 32.1. The fourth-order valence-corrected chi connectivity index (χ4v) is 6.24. The third-order valence-corrected chi connectivity index (χ3v) is 7.80. The smallest absolute Gasteiger partial charge is 0.158 e. The largest absolute Gasteiger partial charge is 0.356 e. The minimum Gasteiger partial charge on any atom is -0.356 e. The Labute approximate surface area is 197 Å². The minimum absolute atomic E-state index is 0.795. The Bertz CT molecular complexity index is 1320. The van der Waals surface area contributed by atoms with Gasteiger partial charge >= 0.3 is 0 Å². The summed E-state index contributed by atoms with van der Waals surface area (Å²) in [6.45, 7) is 4.14. The van der Waals surface area contributed by atoms with Crippen LogP contribution in [-0.2, 0) is 12.8 Å². The molecule has 8 heteroatoms. The van der Waals surface area contributed by atoms with E-state index in [4.69, 9.17) is 5.10 Å². The SMILES string of the molecule is Cc1nn(-c2ccccc2)c(N2CCCCC2)c1C=NNc1ncnc2sc3c(c12)CCC3. The Morgan fingerprint density at radius 2 is 1.88 bits per heavy atom. The van der Waals surface area contributed by atoms with Gasteiger partial charge in [-0.25, -0.2) is 14.6 Å². The number of aryl methyl sites for hydroxylation is 3. The minimum atomic E-state index is 0.795. The fraction of sp³-hybridized carbons (Fsp3) is 0.360. The van der Waals surface area contributed by atoms with Crippen molar-refractivity contribution >= 4 is 39.4 Å². The molecule has 1 aliphatic heterocycles. The topological polar surface area (TPSA) is 71.2 Å². The summed E-state index contributed by atoms with van der Waals surface area (Å²) in [4.78, 5) is 14.0. The lowest BCUT2D eigenvalue weighted by Crippen LogP contribution is -2.32. The predicted octanol–water partition coefficient (Wildman–Crippen LogP) is 5.11. The van der Waals surface area contributed by atoms with E-state index in [-0.39, 0.29) is 0 Å². The number of nitrogens with zero attached hydrogens (tertiary/aromatic N) is 6. The van der Waals surface area contributed by atoms with Gasteiger partial charge in [0, 0.05) is 18.0 Å². The second kappa shape index (κ2) is 8.59. The lowest BCUT2D eigenvalue weighted by Gasteiger charge is -2.29. The predicted molar refractivity (Wildman–Crippen MR) is 135 cm³/mol. The number of benzene rings is 1. The molecule has 4 aromatic rings. The molecule has 0 atom stereocenters. The summed E-state index contributed by atoms with van der Waals surface area (Å²) in [5.41, 5.74) is 7.71. The molecule has 3 aromatic heterocycles. The zero-order valence-corrected chi connectivity index (χ0v) is 19.6. The number of hydrogen-bond acceptors (Lipinski definition) is 7. The number of hydrazone groups is 1. The number of nitrogens with one attached hydrogen (secondary N) is 1. The number of thiophene rings is 1. The third kappa shape index (κ3) is 3.68. The number of piperidine rings is 1. The lowest BCUT2D eigenvalue weighted by molar-refractivity contribution is 0.567. The molecule has 1 aliphatic carbocycles. The lowest BCUT2D eigenvalue weighted by atomic mass is 10.1. The molecule has 2 aliphatic rings. The van der Waals surface area contributed by atoms with Gasteiger partial charge in [-0.15, -0.1) is 11.3 Å². The summed E-state index contributed by atoms with van der Waals surface area (Å²) in [7, 11) is 0. The number of aromatic nitrogens is 4. The summed E-state index contributed by atoms with van der Waals surface area (Å²) in [6.07, 6.45) is 10.7. The molecule has 1 aromatic carbocycles. The first-order chi connectivity index (χ1) is 16.3. The van der Waals surface area contributed by atoms with Crippen molar-refractivity contribution in [3.05, 3.63) is 58.4 Å². The second-order valence-corrected chi connectivity index (χ2v) is 9.83. The Morgan fingerprint density at radius 3 is 2.73 bits per heavy atom. The van der Waals surface area contributed by atoms with E-state index in [0.717, 1.165) is 64.7 Å². The highest BCUT2D eigenvalue weighted by Gasteiger charge is 2.23. The van der Waals surface area contributed by atoms with E-state index in [2.05, 4.69) is 61.3 Å². The highest BCUT2D eigenvalue weighted by Crippen LogP contribution is 2.39. The van der Waals surface area contributed by atoms with Crippen LogP contribution in [0.3, 0.4) is 0 Å². The summed E-state index contributed by atoms with van der Waals surface area (Å²) in [5.74, 6) is 1.91. The van der Waals surface area contributed by atoms with Crippen molar-refractivity contribution in [2.45, 2.75) is 45.4 Å². The van der Waals surface area contributed by atoms with Gasteiger partial charge in [0.1, 0.15) is 17.0 Å². The molecule has 33 heavy (non-hydrogen) atoms. The molecule has 7 nitrogen and oxygen atoms in total. The molecule has 0 bridgehead atoms. The van der Waals surface area contributed by atoms with Gasteiger partial charge in [-0.05, 0) is 63.1 Å². The number of hydrogen-bond donors (Lipinski definition) is 1. The maximum Gasteiger partial charge on any atom is 0.158 e. The number of anilines is 2. The summed E-state index contributed by atoms with van der Waals surface area (Å²) in [5, 5.41) is 10.7. The van der Waals surface area contributed by atoms with Crippen LogP contribution >= 0.6 is 11.3 Å². The molecular formula is C25H27N7S. The Balaban J connectivity index is 1.37. The average molecular weight is 458 g/mol. The molecule has 1 N–H and O–H groups in total. The van der Waals surface area contributed by atoms with Crippen LogP contribution in [0.5, 0.6) is 0 Å². The van der Waals surface area contributed by atoms with Crippen molar-refractivity contribution in [3.8, 4) is 5.69 Å². The van der Waals surface area contributed by atoms with Crippen LogP contribution in [0.15, 0.2) is 41.8 Å². The standard InChI is InChI=1S/C25H27N7S/c1-17-20(15-28-29-23-22-19-11-8-12-21(19)33-24(22)27-16-26-23)25(31-13-6-3-7-14-31)32(30-17)18-9-4-2-5-10-18/h2,4-5,9-10,15-16H,3,6-8,11-14H2,1H3,(H,26,27,29). The maximum absolute atomic E-state index is 4.90. The molecule has 1 saturated heterocycles. The van der Waals surface area contributed by atoms with Gasteiger partial charge in [-0.3, -0.25) is 5.43 Å². The van der Waals surface area contributed by atoms with Crippen LogP contribution in [0.25, 0.3) is 15.9 Å². The monoisotopic (exact) mass is 457 g/mol. The molecule has 0 amide bonds. The Hall–Kier alpha value is -3.26. The van der Waals surface area contributed by atoms with Gasteiger partial charge in [-0.2, -0.15) is 10.2 Å². The maximum atomic E-state index is 4.90. The van der Waals surface area contributed by atoms with E-state index in [1.165, 1.54) is 36.1 Å². The molecule has 4 heterocycles. The first kappa shape index (κ1) is 20.4. The quantitative estimate of drug-likeness (QED) is 0.333. The third-order valence-electron chi connectivity index (χ3n) is 6.60. The zero-order valence-electron chi connectivity index (χ0n) is 18.8. The Morgan fingerprint density at radius 1 is 1.03 bits per heavy atom. The molecule has 168 valence electrons. The zero-order chi connectivity index (χ0) is 22.2. The summed E-state index contributed by atoms with van der Waals surface area (Å²) < 4.78 is 2.07. The van der Waals surface area contributed by atoms with Crippen molar-refractivity contribution in [1.29, 1.82) is 0 Å². The van der Waals surface area contributed by atoms with Crippen molar-refractivity contribution in [2.75, 3.05) is 23.4 Å². The van der Waals surface area contributed by atoms with Crippen LogP contribution in [-0.4, -0.2) is 39.1 Å². The van der Waals surface area contributed by atoms with Crippen molar-refractivity contribution < 1.29 is 0 Å². The van der Waals surface area contributed by atoms with Gasteiger partial charge in [0.25, 0.3) is 0 Å². The first-order valence-electron chi connectivity index (χ1n) is 11.7. The highest BCUT2D eigenvalue weighted by molar-refractivity contribution is 7.19. The average Bonchev–Trinajstić information content (AvgIpc) is 3.54. The van der Waals surface area contributed by atoms with Gasteiger partial charge < -0.3 is 4.90 Å². The van der Waals surface area contributed by atoms with Crippen molar-refractivity contribution in [3.63, 3.8) is 0 Å². The fourth-order valence-electron chi connectivity index (χ4n) is 5.01. The number of rotatable bonds is 5. The van der Waals surface area contributed by atoms with E-state index in [0.29, 0.717) is 0 Å². The van der Waals surface area contributed by atoms with E-state index in [1.54, 1.807) is 17.7 Å². The van der Waals surface area contributed by atoms with Crippen LogP contribution in [0.1, 0.15) is 47.4 Å². The molecule has 6 rings (SSSR count). The van der Waals surface area contributed by atoms with Crippen LogP contribution < -0.4 is 10.3 Å². The summed E-state index contributed by atoms with van der Waals surface area (Å²) >= 11 is 1.79. The van der Waals surface area contributed by atoms with Crippen LogP contribution in [0.2, 0.25) is 0 Å². The second-order valence-electron chi connectivity index (χ2n) is 8.75. The van der Waals surface area contributed by atoms with Crippen LogP contribution in [0.4, 0.5) is 11.6 Å². The first-order valence-corrected chi connectivity index (χ1v) is 12.6. The molecule has 0 radical (unpaired) electrons. The van der Waals surface area contributed by atoms with Crippen molar-refractivity contribution in [2.24, 2.45) is 5.10 Å². The van der Waals surface area contributed by atoms with Gasteiger partial charge in [0.15, 0.2) is 5.82 Å². The van der Waals surface area contributed by atoms with Gasteiger partial charge in [0.2, 0.25) is 0 Å².